The summed E-state index contributed by atoms with van der Waals surface area (Å²) in [6, 6.07) is 17.4. The zero-order valence-corrected chi connectivity index (χ0v) is 14.4. The number of rotatable bonds is 4. The predicted molar refractivity (Wildman–Crippen MR) is 96.5 cm³/mol. The van der Waals surface area contributed by atoms with Crippen molar-refractivity contribution >= 4 is 5.69 Å². The lowest BCUT2D eigenvalue weighted by atomic mass is 9.86. The first-order valence-corrected chi connectivity index (χ1v) is 7.89. The Morgan fingerprint density at radius 3 is 1.91 bits per heavy atom. The van der Waals surface area contributed by atoms with E-state index >= 15 is 0 Å². The summed E-state index contributed by atoms with van der Waals surface area (Å²) < 4.78 is 0. The number of hydrogen-bond donors (Lipinski definition) is 1. The standard InChI is InChI=1S/C20H28N2/c1-20(2,3)17-10-6-15(7-11-17)14-19(21)16-8-12-18(13-9-16)22(4)5/h6-13,19H,14,21H2,1-5H3. The Hall–Kier alpha value is -1.80. The van der Waals surface area contributed by atoms with E-state index in [-0.39, 0.29) is 11.5 Å². The van der Waals surface area contributed by atoms with E-state index in [1.165, 1.54) is 22.4 Å². The van der Waals surface area contributed by atoms with E-state index in [1.807, 2.05) is 14.1 Å². The van der Waals surface area contributed by atoms with Crippen LogP contribution in [0.1, 0.15) is 43.5 Å². The molecule has 118 valence electrons. The first-order valence-electron chi connectivity index (χ1n) is 7.89. The fourth-order valence-corrected chi connectivity index (χ4v) is 2.53. The van der Waals surface area contributed by atoms with Gasteiger partial charge in [0.15, 0.2) is 0 Å². The van der Waals surface area contributed by atoms with Gasteiger partial charge in [-0.15, -0.1) is 0 Å². The molecule has 0 bridgehead atoms. The Morgan fingerprint density at radius 2 is 1.45 bits per heavy atom. The second-order valence-electron chi connectivity index (χ2n) is 7.24. The molecule has 0 amide bonds. The van der Waals surface area contributed by atoms with Gasteiger partial charge in [-0.2, -0.15) is 0 Å². The third kappa shape index (κ3) is 4.11. The summed E-state index contributed by atoms with van der Waals surface area (Å²) in [5.74, 6) is 0. The van der Waals surface area contributed by atoms with Crippen LogP contribution >= 0.6 is 0 Å². The third-order valence-corrected chi connectivity index (χ3v) is 4.11. The van der Waals surface area contributed by atoms with E-state index in [4.69, 9.17) is 5.73 Å². The van der Waals surface area contributed by atoms with Crippen LogP contribution in [-0.2, 0) is 11.8 Å². The van der Waals surface area contributed by atoms with Gasteiger partial charge in [0.2, 0.25) is 0 Å². The summed E-state index contributed by atoms with van der Waals surface area (Å²) in [7, 11) is 4.09. The van der Waals surface area contributed by atoms with Gasteiger partial charge in [-0.05, 0) is 40.7 Å². The zero-order chi connectivity index (χ0) is 16.3. The molecule has 0 saturated carbocycles. The van der Waals surface area contributed by atoms with Crippen LogP contribution in [0.4, 0.5) is 5.69 Å². The van der Waals surface area contributed by atoms with E-state index in [0.717, 1.165) is 6.42 Å². The molecular formula is C20H28N2. The lowest BCUT2D eigenvalue weighted by Gasteiger charge is -2.20. The fourth-order valence-electron chi connectivity index (χ4n) is 2.53. The van der Waals surface area contributed by atoms with Gasteiger partial charge < -0.3 is 10.6 Å². The molecule has 0 aromatic heterocycles. The molecular weight excluding hydrogens is 268 g/mol. The molecule has 0 spiro atoms. The second kappa shape index (κ2) is 6.53. The average molecular weight is 296 g/mol. The van der Waals surface area contributed by atoms with Gasteiger partial charge >= 0.3 is 0 Å². The molecule has 0 aliphatic heterocycles. The van der Waals surface area contributed by atoms with Crippen molar-refractivity contribution in [3.63, 3.8) is 0 Å². The van der Waals surface area contributed by atoms with Gasteiger partial charge in [0.25, 0.3) is 0 Å². The van der Waals surface area contributed by atoms with Crippen molar-refractivity contribution in [2.45, 2.75) is 38.6 Å². The number of anilines is 1. The molecule has 0 radical (unpaired) electrons. The monoisotopic (exact) mass is 296 g/mol. The predicted octanol–water partition coefficient (Wildman–Crippen LogP) is 4.29. The lowest BCUT2D eigenvalue weighted by molar-refractivity contribution is 0.589. The highest BCUT2D eigenvalue weighted by atomic mass is 15.1. The third-order valence-electron chi connectivity index (χ3n) is 4.11. The maximum absolute atomic E-state index is 6.36. The SMILES string of the molecule is CN(C)c1ccc(C(N)Cc2ccc(C(C)(C)C)cc2)cc1. The summed E-state index contributed by atoms with van der Waals surface area (Å²) in [6.45, 7) is 6.71. The van der Waals surface area contributed by atoms with Crippen molar-refractivity contribution in [2.75, 3.05) is 19.0 Å². The molecule has 1 atom stereocenters. The molecule has 2 rings (SSSR count). The minimum atomic E-state index is 0.0386. The van der Waals surface area contributed by atoms with E-state index in [1.54, 1.807) is 0 Å². The molecule has 0 saturated heterocycles. The van der Waals surface area contributed by atoms with Crippen molar-refractivity contribution in [1.82, 2.24) is 0 Å². The van der Waals surface area contributed by atoms with Gasteiger partial charge in [0.1, 0.15) is 0 Å². The molecule has 2 nitrogen and oxygen atoms in total. The van der Waals surface area contributed by atoms with Crippen molar-refractivity contribution in [1.29, 1.82) is 0 Å². The number of benzene rings is 2. The average Bonchev–Trinajstić information content (AvgIpc) is 2.47. The summed E-state index contributed by atoms with van der Waals surface area (Å²) in [5, 5.41) is 0. The Bertz CT molecular complexity index is 589. The largest absolute Gasteiger partial charge is 0.378 e. The summed E-state index contributed by atoms with van der Waals surface area (Å²) in [4.78, 5) is 2.10. The van der Waals surface area contributed by atoms with Crippen LogP contribution in [0.5, 0.6) is 0 Å². The van der Waals surface area contributed by atoms with E-state index in [2.05, 4.69) is 74.2 Å². The van der Waals surface area contributed by atoms with Gasteiger partial charge in [0, 0.05) is 25.8 Å². The Morgan fingerprint density at radius 1 is 0.909 bits per heavy atom. The minimum Gasteiger partial charge on any atom is -0.378 e. The molecule has 0 aliphatic rings. The number of hydrogen-bond acceptors (Lipinski definition) is 2. The van der Waals surface area contributed by atoms with Gasteiger partial charge in [-0.1, -0.05) is 57.2 Å². The highest BCUT2D eigenvalue weighted by Crippen LogP contribution is 2.24. The van der Waals surface area contributed by atoms with E-state index < -0.39 is 0 Å². The Kier molecular flexibility index (Phi) is 4.92. The van der Waals surface area contributed by atoms with E-state index in [0.29, 0.717) is 0 Å². The molecule has 22 heavy (non-hydrogen) atoms. The fraction of sp³-hybridized carbons (Fsp3) is 0.400. The molecule has 2 heteroatoms. The highest BCUT2D eigenvalue weighted by Gasteiger charge is 2.13. The first-order chi connectivity index (χ1) is 10.3. The summed E-state index contributed by atoms with van der Waals surface area (Å²) in [5.41, 5.74) is 11.6. The second-order valence-corrected chi connectivity index (χ2v) is 7.24. The minimum absolute atomic E-state index is 0.0386. The van der Waals surface area contributed by atoms with E-state index in [9.17, 15) is 0 Å². The number of nitrogens with zero attached hydrogens (tertiary/aromatic N) is 1. The Labute approximate surface area is 135 Å². The van der Waals surface area contributed by atoms with Crippen molar-refractivity contribution < 1.29 is 0 Å². The maximum Gasteiger partial charge on any atom is 0.0361 e. The van der Waals surface area contributed by atoms with Crippen LogP contribution in [0.25, 0.3) is 0 Å². The first kappa shape index (κ1) is 16.6. The summed E-state index contributed by atoms with van der Waals surface area (Å²) in [6.07, 6.45) is 0.867. The molecule has 1 unspecified atom stereocenters. The smallest absolute Gasteiger partial charge is 0.0361 e. The van der Waals surface area contributed by atoms with Crippen molar-refractivity contribution in [3.05, 3.63) is 65.2 Å². The highest BCUT2D eigenvalue weighted by molar-refractivity contribution is 5.46. The molecule has 2 aromatic rings. The van der Waals surface area contributed by atoms with Gasteiger partial charge in [0.05, 0.1) is 0 Å². The van der Waals surface area contributed by atoms with Crippen LogP contribution in [0, 0.1) is 0 Å². The molecule has 2 aromatic carbocycles. The summed E-state index contributed by atoms with van der Waals surface area (Å²) >= 11 is 0. The van der Waals surface area contributed by atoms with Crippen LogP contribution in [0.2, 0.25) is 0 Å². The van der Waals surface area contributed by atoms with Crippen LogP contribution in [-0.4, -0.2) is 14.1 Å². The molecule has 2 N–H and O–H groups in total. The Balaban J connectivity index is 2.06. The molecule has 0 aliphatic carbocycles. The van der Waals surface area contributed by atoms with Gasteiger partial charge in [-0.25, -0.2) is 0 Å². The lowest BCUT2D eigenvalue weighted by Crippen LogP contribution is -2.15. The van der Waals surface area contributed by atoms with Crippen LogP contribution in [0.15, 0.2) is 48.5 Å². The van der Waals surface area contributed by atoms with Crippen LogP contribution < -0.4 is 10.6 Å². The quantitative estimate of drug-likeness (QED) is 0.912. The molecule has 0 heterocycles. The topological polar surface area (TPSA) is 29.3 Å². The van der Waals surface area contributed by atoms with Gasteiger partial charge in [-0.3, -0.25) is 0 Å². The normalized spacial score (nSPS) is 13.0. The van der Waals surface area contributed by atoms with Crippen molar-refractivity contribution in [3.8, 4) is 0 Å². The maximum atomic E-state index is 6.36. The van der Waals surface area contributed by atoms with Crippen LogP contribution in [0.3, 0.4) is 0 Å². The molecule has 0 fully saturated rings. The number of nitrogens with two attached hydrogens (primary N) is 1. The van der Waals surface area contributed by atoms with Crippen molar-refractivity contribution in [2.24, 2.45) is 5.73 Å². The zero-order valence-electron chi connectivity index (χ0n) is 14.4.